The summed E-state index contributed by atoms with van der Waals surface area (Å²) in [5, 5.41) is 13.6. The fourth-order valence-corrected chi connectivity index (χ4v) is 3.56. The van der Waals surface area contributed by atoms with Crippen LogP contribution in [0.15, 0.2) is 63.3 Å². The van der Waals surface area contributed by atoms with Crippen molar-refractivity contribution in [1.29, 1.82) is 0 Å². The van der Waals surface area contributed by atoms with Crippen molar-refractivity contribution in [1.82, 2.24) is 20.2 Å². The first-order valence-corrected chi connectivity index (χ1v) is 10.0. The number of benzene rings is 2. The molecule has 2 aromatic carbocycles. The van der Waals surface area contributed by atoms with Crippen molar-refractivity contribution in [3.8, 4) is 11.4 Å². The molecule has 0 aliphatic carbocycles. The lowest BCUT2D eigenvalue weighted by Crippen LogP contribution is -2.19. The summed E-state index contributed by atoms with van der Waals surface area (Å²) in [6, 6.07) is 15.0. The van der Waals surface area contributed by atoms with E-state index in [1.165, 1.54) is 11.8 Å². The van der Waals surface area contributed by atoms with E-state index in [0.29, 0.717) is 16.0 Å². The highest BCUT2D eigenvalue weighted by atomic mass is 79.9. The molecular formula is C18H15BrClN5OS. The van der Waals surface area contributed by atoms with Crippen LogP contribution in [0.4, 0.5) is 0 Å². The fraction of sp³-hybridized carbons (Fsp3) is 0.111. The van der Waals surface area contributed by atoms with E-state index in [2.05, 4.69) is 36.7 Å². The molecule has 9 heteroatoms. The molecule has 1 aromatic heterocycles. The zero-order valence-electron chi connectivity index (χ0n) is 14.3. The maximum absolute atomic E-state index is 12.0. The van der Waals surface area contributed by atoms with Crippen LogP contribution in [0.3, 0.4) is 0 Å². The molecule has 3 rings (SSSR count). The van der Waals surface area contributed by atoms with Crippen LogP contribution in [0, 0.1) is 0 Å². The Kier molecular flexibility index (Phi) is 6.65. The van der Waals surface area contributed by atoms with Crippen LogP contribution in [0.1, 0.15) is 5.56 Å². The molecule has 0 spiro atoms. The number of hydrazone groups is 1. The average molecular weight is 465 g/mol. The Hall–Kier alpha value is -2.16. The SMILES string of the molecule is Cn1c(SCC(=O)N/N=C/c2cccc(Br)c2)nnc1-c1cccc(Cl)c1. The Balaban J connectivity index is 1.56. The number of halogens is 2. The summed E-state index contributed by atoms with van der Waals surface area (Å²) in [5.74, 6) is 0.642. The molecule has 0 aliphatic rings. The van der Waals surface area contributed by atoms with Crippen molar-refractivity contribution >= 4 is 51.4 Å². The lowest BCUT2D eigenvalue weighted by atomic mass is 10.2. The quantitative estimate of drug-likeness (QED) is 0.338. The standard InChI is InChI=1S/C18H15BrClN5OS/c1-25-17(13-5-3-7-15(20)9-13)23-24-18(25)27-11-16(26)22-21-10-12-4-2-6-14(19)8-12/h2-10H,11H2,1H3,(H,22,26)/b21-10+. The van der Waals surface area contributed by atoms with Crippen LogP contribution in [0.5, 0.6) is 0 Å². The molecule has 0 atom stereocenters. The van der Waals surface area contributed by atoms with E-state index >= 15 is 0 Å². The first-order chi connectivity index (χ1) is 13.0. The van der Waals surface area contributed by atoms with Gasteiger partial charge in [-0.2, -0.15) is 5.10 Å². The van der Waals surface area contributed by atoms with E-state index < -0.39 is 0 Å². The van der Waals surface area contributed by atoms with Gasteiger partial charge in [0.05, 0.1) is 12.0 Å². The number of aromatic nitrogens is 3. The van der Waals surface area contributed by atoms with Crippen LogP contribution in [-0.2, 0) is 11.8 Å². The smallest absolute Gasteiger partial charge is 0.250 e. The molecule has 0 unspecified atom stereocenters. The molecule has 0 aliphatic heterocycles. The minimum atomic E-state index is -0.224. The van der Waals surface area contributed by atoms with Crippen molar-refractivity contribution in [3.63, 3.8) is 0 Å². The van der Waals surface area contributed by atoms with Gasteiger partial charge < -0.3 is 4.57 Å². The topological polar surface area (TPSA) is 72.2 Å². The van der Waals surface area contributed by atoms with Crippen LogP contribution in [0.25, 0.3) is 11.4 Å². The number of thioether (sulfide) groups is 1. The third-order valence-corrected chi connectivity index (χ3v) is 5.25. The number of hydrogen-bond donors (Lipinski definition) is 1. The minimum Gasteiger partial charge on any atom is -0.305 e. The lowest BCUT2D eigenvalue weighted by Gasteiger charge is -2.04. The zero-order chi connectivity index (χ0) is 19.2. The number of rotatable bonds is 6. The number of carbonyl (C=O) groups is 1. The Morgan fingerprint density at radius 2 is 2.11 bits per heavy atom. The van der Waals surface area contributed by atoms with Gasteiger partial charge in [0.25, 0.3) is 5.91 Å². The number of hydrogen-bond acceptors (Lipinski definition) is 5. The molecule has 0 radical (unpaired) electrons. The van der Waals surface area contributed by atoms with Crippen LogP contribution >= 0.6 is 39.3 Å². The Labute approximate surface area is 174 Å². The van der Waals surface area contributed by atoms with Gasteiger partial charge in [0.1, 0.15) is 0 Å². The molecule has 3 aromatic rings. The molecule has 138 valence electrons. The Bertz CT molecular complexity index is 991. The normalized spacial score (nSPS) is 11.1. The van der Waals surface area contributed by atoms with Gasteiger partial charge in [0, 0.05) is 22.1 Å². The van der Waals surface area contributed by atoms with E-state index in [0.717, 1.165) is 15.6 Å². The summed E-state index contributed by atoms with van der Waals surface area (Å²) in [5.41, 5.74) is 4.26. The fourth-order valence-electron chi connectivity index (χ4n) is 2.25. The molecule has 1 N–H and O–H groups in total. The second-order valence-electron chi connectivity index (χ2n) is 5.51. The molecule has 1 heterocycles. The maximum Gasteiger partial charge on any atom is 0.250 e. The summed E-state index contributed by atoms with van der Waals surface area (Å²) in [4.78, 5) is 12.0. The summed E-state index contributed by atoms with van der Waals surface area (Å²) in [6.45, 7) is 0. The lowest BCUT2D eigenvalue weighted by molar-refractivity contribution is -0.118. The molecular weight excluding hydrogens is 450 g/mol. The van der Waals surface area contributed by atoms with Crippen LogP contribution < -0.4 is 5.43 Å². The van der Waals surface area contributed by atoms with Crippen molar-refractivity contribution in [2.75, 3.05) is 5.75 Å². The highest BCUT2D eigenvalue weighted by Crippen LogP contribution is 2.24. The van der Waals surface area contributed by atoms with Gasteiger partial charge in [0.2, 0.25) is 0 Å². The van der Waals surface area contributed by atoms with Gasteiger partial charge in [-0.05, 0) is 29.8 Å². The van der Waals surface area contributed by atoms with Crippen molar-refractivity contribution in [2.45, 2.75) is 5.16 Å². The van der Waals surface area contributed by atoms with E-state index in [9.17, 15) is 4.79 Å². The van der Waals surface area contributed by atoms with E-state index in [1.807, 2.05) is 54.1 Å². The monoisotopic (exact) mass is 463 g/mol. The van der Waals surface area contributed by atoms with E-state index in [-0.39, 0.29) is 11.7 Å². The number of carbonyl (C=O) groups excluding carboxylic acids is 1. The predicted molar refractivity (Wildman–Crippen MR) is 112 cm³/mol. The second-order valence-corrected chi connectivity index (χ2v) is 7.81. The molecule has 6 nitrogen and oxygen atoms in total. The van der Waals surface area contributed by atoms with E-state index in [1.54, 1.807) is 12.3 Å². The second kappa shape index (κ2) is 9.16. The van der Waals surface area contributed by atoms with Gasteiger partial charge in [-0.25, -0.2) is 5.43 Å². The number of nitrogens with one attached hydrogen (secondary N) is 1. The van der Waals surface area contributed by atoms with Gasteiger partial charge in [-0.15, -0.1) is 10.2 Å². The summed E-state index contributed by atoms with van der Waals surface area (Å²) >= 11 is 10.7. The highest BCUT2D eigenvalue weighted by Gasteiger charge is 2.13. The summed E-state index contributed by atoms with van der Waals surface area (Å²) < 4.78 is 2.78. The van der Waals surface area contributed by atoms with Crippen molar-refractivity contribution in [3.05, 3.63) is 63.6 Å². The predicted octanol–water partition coefficient (Wildman–Crippen LogP) is 4.14. The van der Waals surface area contributed by atoms with Gasteiger partial charge >= 0.3 is 0 Å². The third-order valence-electron chi connectivity index (χ3n) is 3.50. The summed E-state index contributed by atoms with van der Waals surface area (Å²) in [6.07, 6.45) is 1.59. The third kappa shape index (κ3) is 5.41. The van der Waals surface area contributed by atoms with Crippen LogP contribution in [-0.4, -0.2) is 32.6 Å². The molecule has 27 heavy (non-hydrogen) atoms. The largest absolute Gasteiger partial charge is 0.305 e. The van der Waals surface area contributed by atoms with Gasteiger partial charge in [0.15, 0.2) is 11.0 Å². The molecule has 0 saturated carbocycles. The average Bonchev–Trinajstić information content (AvgIpc) is 3.01. The number of amides is 1. The first kappa shape index (κ1) is 19.6. The number of nitrogens with zero attached hydrogens (tertiary/aromatic N) is 4. The Morgan fingerprint density at radius 1 is 1.30 bits per heavy atom. The summed E-state index contributed by atoms with van der Waals surface area (Å²) in [7, 11) is 1.85. The molecule has 0 bridgehead atoms. The van der Waals surface area contributed by atoms with Gasteiger partial charge in [-0.1, -0.05) is 63.6 Å². The van der Waals surface area contributed by atoms with Crippen molar-refractivity contribution in [2.24, 2.45) is 12.1 Å². The van der Waals surface area contributed by atoms with E-state index in [4.69, 9.17) is 11.6 Å². The highest BCUT2D eigenvalue weighted by molar-refractivity contribution is 9.10. The zero-order valence-corrected chi connectivity index (χ0v) is 17.4. The molecule has 0 saturated heterocycles. The molecule has 0 fully saturated rings. The molecule has 1 amide bonds. The van der Waals surface area contributed by atoms with Crippen molar-refractivity contribution < 1.29 is 4.79 Å². The maximum atomic E-state index is 12.0. The Morgan fingerprint density at radius 3 is 2.89 bits per heavy atom. The minimum absolute atomic E-state index is 0.178. The first-order valence-electron chi connectivity index (χ1n) is 7.88. The van der Waals surface area contributed by atoms with Gasteiger partial charge in [-0.3, -0.25) is 4.79 Å². The van der Waals surface area contributed by atoms with Crippen LogP contribution in [0.2, 0.25) is 5.02 Å².